The van der Waals surface area contributed by atoms with E-state index >= 15 is 0 Å². The lowest BCUT2D eigenvalue weighted by Crippen LogP contribution is -2.23. The van der Waals surface area contributed by atoms with Crippen LogP contribution < -0.4 is 5.32 Å². The Kier molecular flexibility index (Phi) is 4.10. The SMILES string of the molecule is CCC1CCCC1Nc1ccc(SC)cn1. The van der Waals surface area contributed by atoms with Crippen LogP contribution in [0.2, 0.25) is 0 Å². The average molecular weight is 236 g/mol. The van der Waals surface area contributed by atoms with Gasteiger partial charge in [0.05, 0.1) is 0 Å². The molecule has 0 aliphatic heterocycles. The Morgan fingerprint density at radius 3 is 2.94 bits per heavy atom. The Bertz CT molecular complexity index is 323. The average Bonchev–Trinajstić information content (AvgIpc) is 2.77. The van der Waals surface area contributed by atoms with Crippen LogP contribution in [0.25, 0.3) is 0 Å². The minimum Gasteiger partial charge on any atom is -0.367 e. The summed E-state index contributed by atoms with van der Waals surface area (Å²) in [6, 6.07) is 4.87. The third kappa shape index (κ3) is 2.70. The van der Waals surface area contributed by atoms with Gasteiger partial charge in [0.25, 0.3) is 0 Å². The fourth-order valence-electron chi connectivity index (χ4n) is 2.49. The predicted molar refractivity (Wildman–Crippen MR) is 71.1 cm³/mol. The van der Waals surface area contributed by atoms with Crippen LogP contribution >= 0.6 is 11.8 Å². The molecule has 2 atom stereocenters. The molecule has 16 heavy (non-hydrogen) atoms. The Hall–Kier alpha value is -0.700. The third-order valence-corrected chi connectivity index (χ3v) is 4.20. The number of pyridine rings is 1. The van der Waals surface area contributed by atoms with Gasteiger partial charge in [-0.1, -0.05) is 19.8 Å². The van der Waals surface area contributed by atoms with Crippen molar-refractivity contribution in [3.63, 3.8) is 0 Å². The first-order valence-electron chi connectivity index (χ1n) is 6.10. The number of rotatable bonds is 4. The molecular weight excluding hydrogens is 216 g/mol. The lowest BCUT2D eigenvalue weighted by Gasteiger charge is -2.20. The maximum atomic E-state index is 4.45. The van der Waals surface area contributed by atoms with E-state index in [1.807, 2.05) is 6.20 Å². The Morgan fingerprint density at radius 1 is 1.44 bits per heavy atom. The van der Waals surface area contributed by atoms with Crippen LogP contribution in [0.15, 0.2) is 23.2 Å². The number of hydrogen-bond donors (Lipinski definition) is 1. The third-order valence-electron chi connectivity index (χ3n) is 3.49. The van der Waals surface area contributed by atoms with E-state index in [2.05, 4.69) is 35.6 Å². The van der Waals surface area contributed by atoms with Crippen molar-refractivity contribution in [3.05, 3.63) is 18.3 Å². The number of nitrogens with one attached hydrogen (secondary N) is 1. The molecule has 0 bridgehead atoms. The van der Waals surface area contributed by atoms with Crippen LogP contribution in [0, 0.1) is 5.92 Å². The van der Waals surface area contributed by atoms with Gasteiger partial charge in [-0.2, -0.15) is 0 Å². The largest absolute Gasteiger partial charge is 0.367 e. The van der Waals surface area contributed by atoms with E-state index in [4.69, 9.17) is 0 Å². The molecule has 1 aliphatic rings. The van der Waals surface area contributed by atoms with Gasteiger partial charge >= 0.3 is 0 Å². The van der Waals surface area contributed by atoms with Gasteiger partial charge in [-0.3, -0.25) is 0 Å². The van der Waals surface area contributed by atoms with Crippen LogP contribution in [0.1, 0.15) is 32.6 Å². The summed E-state index contributed by atoms with van der Waals surface area (Å²) < 4.78 is 0. The summed E-state index contributed by atoms with van der Waals surface area (Å²) in [7, 11) is 0. The molecule has 1 heterocycles. The molecule has 3 heteroatoms. The van der Waals surface area contributed by atoms with Gasteiger partial charge in [0.2, 0.25) is 0 Å². The van der Waals surface area contributed by atoms with Crippen molar-refractivity contribution >= 4 is 17.6 Å². The van der Waals surface area contributed by atoms with Crippen LogP contribution in [0.3, 0.4) is 0 Å². The zero-order chi connectivity index (χ0) is 11.4. The number of aromatic nitrogens is 1. The highest BCUT2D eigenvalue weighted by molar-refractivity contribution is 7.98. The smallest absolute Gasteiger partial charge is 0.126 e. The molecule has 1 aromatic rings. The first-order valence-corrected chi connectivity index (χ1v) is 7.32. The topological polar surface area (TPSA) is 24.9 Å². The highest BCUT2D eigenvalue weighted by Crippen LogP contribution is 2.30. The van der Waals surface area contributed by atoms with E-state index in [0.29, 0.717) is 6.04 Å². The summed E-state index contributed by atoms with van der Waals surface area (Å²) in [5.74, 6) is 1.87. The van der Waals surface area contributed by atoms with Crippen LogP contribution in [-0.4, -0.2) is 17.3 Å². The van der Waals surface area contributed by atoms with E-state index < -0.39 is 0 Å². The summed E-state index contributed by atoms with van der Waals surface area (Å²) in [6.45, 7) is 2.29. The minimum atomic E-state index is 0.637. The fraction of sp³-hybridized carbons (Fsp3) is 0.615. The maximum Gasteiger partial charge on any atom is 0.126 e. The summed E-state index contributed by atoms with van der Waals surface area (Å²) in [6.07, 6.45) is 9.33. The predicted octanol–water partition coefficient (Wildman–Crippen LogP) is 3.79. The van der Waals surface area contributed by atoms with Crippen LogP contribution in [0.5, 0.6) is 0 Å². The molecule has 1 aromatic heterocycles. The molecule has 1 fully saturated rings. The van der Waals surface area contributed by atoms with Gasteiger partial charge in [0.1, 0.15) is 5.82 Å². The van der Waals surface area contributed by atoms with Crippen LogP contribution in [-0.2, 0) is 0 Å². The lowest BCUT2D eigenvalue weighted by molar-refractivity contribution is 0.488. The molecule has 1 aliphatic carbocycles. The van der Waals surface area contributed by atoms with Crippen molar-refractivity contribution in [1.29, 1.82) is 0 Å². The first kappa shape index (κ1) is 11.8. The Labute approximate surface area is 102 Å². The van der Waals surface area contributed by atoms with Crippen molar-refractivity contribution in [2.75, 3.05) is 11.6 Å². The molecule has 0 radical (unpaired) electrons. The summed E-state index contributed by atoms with van der Waals surface area (Å²) in [5, 5.41) is 3.57. The van der Waals surface area contributed by atoms with E-state index in [1.165, 1.54) is 30.6 Å². The Morgan fingerprint density at radius 2 is 2.31 bits per heavy atom. The second-order valence-corrected chi connectivity index (χ2v) is 5.31. The van der Waals surface area contributed by atoms with Gasteiger partial charge in [0, 0.05) is 17.1 Å². The van der Waals surface area contributed by atoms with Crippen molar-refractivity contribution < 1.29 is 0 Å². The zero-order valence-electron chi connectivity index (χ0n) is 10.1. The van der Waals surface area contributed by atoms with Gasteiger partial charge < -0.3 is 5.32 Å². The number of nitrogens with zero attached hydrogens (tertiary/aromatic N) is 1. The van der Waals surface area contributed by atoms with Gasteiger partial charge in [-0.25, -0.2) is 4.98 Å². The summed E-state index contributed by atoms with van der Waals surface area (Å²) in [4.78, 5) is 5.68. The zero-order valence-corrected chi connectivity index (χ0v) is 10.9. The Balaban J connectivity index is 1.97. The second-order valence-electron chi connectivity index (χ2n) is 4.43. The highest BCUT2D eigenvalue weighted by atomic mass is 32.2. The number of anilines is 1. The lowest BCUT2D eigenvalue weighted by atomic mass is 10.0. The highest BCUT2D eigenvalue weighted by Gasteiger charge is 2.25. The molecule has 1 N–H and O–H groups in total. The van der Waals surface area contributed by atoms with Crippen molar-refractivity contribution in [2.45, 2.75) is 43.5 Å². The summed E-state index contributed by atoms with van der Waals surface area (Å²) in [5.41, 5.74) is 0. The fourth-order valence-corrected chi connectivity index (χ4v) is 2.85. The quantitative estimate of drug-likeness (QED) is 0.805. The van der Waals surface area contributed by atoms with Gasteiger partial charge in [-0.05, 0) is 37.1 Å². The second kappa shape index (κ2) is 5.58. The normalized spacial score (nSPS) is 24.6. The minimum absolute atomic E-state index is 0.637. The molecule has 0 spiro atoms. The van der Waals surface area contributed by atoms with E-state index in [0.717, 1.165) is 11.7 Å². The van der Waals surface area contributed by atoms with E-state index in [-0.39, 0.29) is 0 Å². The number of hydrogen-bond acceptors (Lipinski definition) is 3. The molecule has 2 unspecified atom stereocenters. The van der Waals surface area contributed by atoms with Gasteiger partial charge in [-0.15, -0.1) is 11.8 Å². The molecule has 0 amide bonds. The van der Waals surface area contributed by atoms with Crippen molar-refractivity contribution in [3.8, 4) is 0 Å². The molecule has 88 valence electrons. The molecule has 2 nitrogen and oxygen atoms in total. The van der Waals surface area contributed by atoms with Gasteiger partial charge in [0.15, 0.2) is 0 Å². The monoisotopic (exact) mass is 236 g/mol. The molecule has 0 saturated heterocycles. The van der Waals surface area contributed by atoms with Crippen molar-refractivity contribution in [2.24, 2.45) is 5.92 Å². The first-order chi connectivity index (χ1) is 7.83. The van der Waals surface area contributed by atoms with E-state index in [1.54, 1.807) is 11.8 Å². The van der Waals surface area contributed by atoms with Crippen LogP contribution in [0.4, 0.5) is 5.82 Å². The van der Waals surface area contributed by atoms with Crippen molar-refractivity contribution in [1.82, 2.24) is 4.98 Å². The van der Waals surface area contributed by atoms with E-state index in [9.17, 15) is 0 Å². The molecule has 0 aromatic carbocycles. The maximum absolute atomic E-state index is 4.45. The molecule has 1 saturated carbocycles. The molecule has 2 rings (SSSR count). The molecular formula is C13H20N2S. The number of thioether (sulfide) groups is 1. The summed E-state index contributed by atoms with van der Waals surface area (Å²) >= 11 is 1.74. The standard InChI is InChI=1S/C13H20N2S/c1-3-10-5-4-6-12(10)15-13-8-7-11(16-2)9-14-13/h7-10,12H,3-6H2,1-2H3,(H,14,15).